The molecule has 0 fully saturated rings. The van der Waals surface area contributed by atoms with Gasteiger partial charge in [0.1, 0.15) is 22.8 Å². The standard InChI is InChI=1S/C27H21FN4O5S/c28-18-5-7-19(8-6-18)30-24(34)16-31-22-11-13-38-25(22)26(35)32(27(31)36)20-9-3-17(4-10-20)14-23(33)29-15-21-2-1-12-37-21/h1-13H,14-16H2,(H,29,33)(H,30,34). The van der Waals surface area contributed by atoms with Crippen LogP contribution in [0.2, 0.25) is 0 Å². The molecular weight excluding hydrogens is 511 g/mol. The van der Waals surface area contributed by atoms with Crippen molar-refractivity contribution in [2.24, 2.45) is 0 Å². The van der Waals surface area contributed by atoms with Crippen molar-refractivity contribution in [1.82, 2.24) is 14.5 Å². The summed E-state index contributed by atoms with van der Waals surface area (Å²) in [6.45, 7) is -0.0773. The zero-order chi connectivity index (χ0) is 26.6. The van der Waals surface area contributed by atoms with Gasteiger partial charge in [-0.3, -0.25) is 19.0 Å². The number of carbonyl (C=O) groups excluding carboxylic acids is 2. The lowest BCUT2D eigenvalue weighted by Crippen LogP contribution is -2.40. The van der Waals surface area contributed by atoms with Crippen LogP contribution in [0.15, 0.2) is 92.4 Å². The highest BCUT2D eigenvalue weighted by Crippen LogP contribution is 2.17. The molecular formula is C27H21FN4O5S. The van der Waals surface area contributed by atoms with Gasteiger partial charge in [-0.2, -0.15) is 0 Å². The highest BCUT2D eigenvalue weighted by molar-refractivity contribution is 7.17. The SMILES string of the molecule is O=C(Cc1ccc(-n2c(=O)c3sccc3n(CC(=O)Nc3ccc(F)cc3)c2=O)cc1)NCc1ccco1. The molecule has 5 rings (SSSR count). The smallest absolute Gasteiger partial charge is 0.336 e. The summed E-state index contributed by atoms with van der Waals surface area (Å²) in [5.74, 6) is -0.514. The number of fused-ring (bicyclic) bond motifs is 1. The molecule has 38 heavy (non-hydrogen) atoms. The molecule has 5 aromatic rings. The topological polar surface area (TPSA) is 115 Å². The van der Waals surface area contributed by atoms with E-state index in [0.29, 0.717) is 32.9 Å². The Morgan fingerprint density at radius 3 is 2.42 bits per heavy atom. The van der Waals surface area contributed by atoms with Crippen molar-refractivity contribution < 1.29 is 18.4 Å². The molecule has 2 amide bonds. The summed E-state index contributed by atoms with van der Waals surface area (Å²) in [5.41, 5.74) is 0.541. The van der Waals surface area contributed by atoms with Crippen molar-refractivity contribution in [3.63, 3.8) is 0 Å². The van der Waals surface area contributed by atoms with E-state index in [-0.39, 0.29) is 25.4 Å². The molecule has 0 aliphatic carbocycles. The minimum absolute atomic E-state index is 0.105. The van der Waals surface area contributed by atoms with E-state index in [9.17, 15) is 23.6 Å². The first kappa shape index (κ1) is 24.9. The predicted molar refractivity (Wildman–Crippen MR) is 141 cm³/mol. The quantitative estimate of drug-likeness (QED) is 0.318. The summed E-state index contributed by atoms with van der Waals surface area (Å²) in [7, 11) is 0. The molecule has 3 aromatic heterocycles. The number of nitrogens with zero attached hydrogens (tertiary/aromatic N) is 2. The molecule has 9 nitrogen and oxygen atoms in total. The van der Waals surface area contributed by atoms with E-state index in [1.165, 1.54) is 46.4 Å². The fraction of sp³-hybridized carbons (Fsp3) is 0.111. The van der Waals surface area contributed by atoms with Crippen molar-refractivity contribution in [3.8, 4) is 5.69 Å². The third kappa shape index (κ3) is 5.32. The number of hydrogen-bond donors (Lipinski definition) is 2. The number of furan rings is 1. The average molecular weight is 533 g/mol. The molecule has 0 unspecified atom stereocenters. The summed E-state index contributed by atoms with van der Waals surface area (Å²) >= 11 is 1.17. The maximum atomic E-state index is 13.4. The zero-order valence-corrected chi connectivity index (χ0v) is 20.7. The molecule has 11 heteroatoms. The van der Waals surface area contributed by atoms with Crippen molar-refractivity contribution >= 4 is 39.1 Å². The first-order valence-electron chi connectivity index (χ1n) is 11.6. The van der Waals surface area contributed by atoms with Crippen LogP contribution in [0.4, 0.5) is 10.1 Å². The van der Waals surface area contributed by atoms with Crippen molar-refractivity contribution in [2.45, 2.75) is 19.5 Å². The molecule has 0 aliphatic rings. The Balaban J connectivity index is 1.38. The largest absolute Gasteiger partial charge is 0.467 e. The minimum atomic E-state index is -0.681. The fourth-order valence-electron chi connectivity index (χ4n) is 3.95. The van der Waals surface area contributed by atoms with E-state index >= 15 is 0 Å². The van der Waals surface area contributed by atoms with E-state index in [2.05, 4.69) is 10.6 Å². The number of aromatic nitrogens is 2. The zero-order valence-electron chi connectivity index (χ0n) is 19.8. The normalized spacial score (nSPS) is 11.0. The van der Waals surface area contributed by atoms with Gasteiger partial charge in [0.2, 0.25) is 11.8 Å². The van der Waals surface area contributed by atoms with E-state index < -0.39 is 23.0 Å². The first-order valence-corrected chi connectivity index (χ1v) is 12.4. The van der Waals surface area contributed by atoms with Crippen molar-refractivity contribution in [2.75, 3.05) is 5.32 Å². The van der Waals surface area contributed by atoms with Crippen LogP contribution in [-0.2, 0) is 29.1 Å². The number of amides is 2. The summed E-state index contributed by atoms with van der Waals surface area (Å²) < 4.78 is 20.9. The van der Waals surface area contributed by atoms with Gasteiger partial charge in [-0.1, -0.05) is 12.1 Å². The lowest BCUT2D eigenvalue weighted by atomic mass is 10.1. The Hall–Kier alpha value is -4.77. The molecule has 0 atom stereocenters. The lowest BCUT2D eigenvalue weighted by Gasteiger charge is -2.13. The van der Waals surface area contributed by atoms with Crippen LogP contribution in [0.3, 0.4) is 0 Å². The highest BCUT2D eigenvalue weighted by atomic mass is 32.1. The first-order chi connectivity index (χ1) is 18.4. The second-order valence-corrected chi connectivity index (χ2v) is 9.31. The van der Waals surface area contributed by atoms with Gasteiger partial charge >= 0.3 is 5.69 Å². The fourth-order valence-corrected chi connectivity index (χ4v) is 4.78. The predicted octanol–water partition coefficient (Wildman–Crippen LogP) is 3.44. The third-order valence-corrected chi connectivity index (χ3v) is 6.68. The molecule has 3 heterocycles. The molecule has 2 aromatic carbocycles. The molecule has 0 spiro atoms. The van der Waals surface area contributed by atoms with Gasteiger partial charge in [0, 0.05) is 5.69 Å². The van der Waals surface area contributed by atoms with Gasteiger partial charge in [-0.15, -0.1) is 11.3 Å². The Morgan fingerprint density at radius 2 is 1.71 bits per heavy atom. The Kier molecular flexibility index (Phi) is 7.00. The van der Waals surface area contributed by atoms with Gasteiger partial charge in [0.15, 0.2) is 0 Å². The summed E-state index contributed by atoms with van der Waals surface area (Å²) in [4.78, 5) is 51.6. The van der Waals surface area contributed by atoms with Gasteiger partial charge in [0.05, 0.1) is 30.4 Å². The highest BCUT2D eigenvalue weighted by Gasteiger charge is 2.18. The molecule has 0 radical (unpaired) electrons. The Bertz CT molecular complexity index is 1720. The second-order valence-electron chi connectivity index (χ2n) is 8.40. The molecule has 0 saturated carbocycles. The van der Waals surface area contributed by atoms with Crippen LogP contribution in [-0.4, -0.2) is 20.9 Å². The summed E-state index contributed by atoms with van der Waals surface area (Å²) in [6, 6.07) is 16.9. The molecule has 192 valence electrons. The number of anilines is 1. The number of nitrogens with one attached hydrogen (secondary N) is 2. The number of hydrogen-bond acceptors (Lipinski definition) is 6. The Labute approximate surface area is 218 Å². The number of benzene rings is 2. The van der Waals surface area contributed by atoms with Gasteiger partial charge in [-0.05, 0) is 65.5 Å². The van der Waals surface area contributed by atoms with Crippen LogP contribution in [0.1, 0.15) is 11.3 Å². The van der Waals surface area contributed by atoms with Gasteiger partial charge < -0.3 is 15.1 Å². The number of carbonyl (C=O) groups is 2. The monoisotopic (exact) mass is 532 g/mol. The van der Waals surface area contributed by atoms with Crippen LogP contribution < -0.4 is 21.9 Å². The summed E-state index contributed by atoms with van der Waals surface area (Å²) in [5, 5.41) is 7.07. The minimum Gasteiger partial charge on any atom is -0.467 e. The van der Waals surface area contributed by atoms with E-state index in [0.717, 1.165) is 4.57 Å². The van der Waals surface area contributed by atoms with Gasteiger partial charge in [-0.25, -0.2) is 13.8 Å². The number of thiophene rings is 1. The molecule has 0 bridgehead atoms. The van der Waals surface area contributed by atoms with Crippen LogP contribution in [0, 0.1) is 5.82 Å². The van der Waals surface area contributed by atoms with Crippen LogP contribution in [0.5, 0.6) is 0 Å². The maximum absolute atomic E-state index is 13.4. The van der Waals surface area contributed by atoms with E-state index in [4.69, 9.17) is 4.42 Å². The van der Waals surface area contributed by atoms with Crippen molar-refractivity contribution in [3.05, 3.63) is 116 Å². The third-order valence-electron chi connectivity index (χ3n) is 5.78. The second kappa shape index (κ2) is 10.7. The maximum Gasteiger partial charge on any atom is 0.336 e. The molecule has 0 saturated heterocycles. The number of rotatable bonds is 8. The molecule has 2 N–H and O–H groups in total. The average Bonchev–Trinajstić information content (AvgIpc) is 3.61. The Morgan fingerprint density at radius 1 is 0.947 bits per heavy atom. The lowest BCUT2D eigenvalue weighted by molar-refractivity contribution is -0.120. The van der Waals surface area contributed by atoms with Crippen LogP contribution >= 0.6 is 11.3 Å². The number of halogens is 1. The van der Waals surface area contributed by atoms with Gasteiger partial charge in [0.25, 0.3) is 5.56 Å². The summed E-state index contributed by atoms with van der Waals surface area (Å²) in [6.07, 6.45) is 1.63. The van der Waals surface area contributed by atoms with Crippen LogP contribution in [0.25, 0.3) is 15.9 Å². The van der Waals surface area contributed by atoms with E-state index in [1.54, 1.807) is 47.8 Å². The molecule has 0 aliphatic heterocycles. The van der Waals surface area contributed by atoms with Crippen molar-refractivity contribution in [1.29, 1.82) is 0 Å². The van der Waals surface area contributed by atoms with E-state index in [1.807, 2.05) is 0 Å².